The Morgan fingerprint density at radius 3 is 2.40 bits per heavy atom. The van der Waals surface area contributed by atoms with Crippen LogP contribution in [0.15, 0.2) is 11.6 Å². The highest BCUT2D eigenvalue weighted by Crippen LogP contribution is 2.10. The Labute approximate surface area is 65.3 Å². The van der Waals surface area contributed by atoms with Gasteiger partial charge in [-0.3, -0.25) is 0 Å². The van der Waals surface area contributed by atoms with Gasteiger partial charge in [0.1, 0.15) is 0 Å². The molecule has 0 heterocycles. The first kappa shape index (κ1) is 9.74. The van der Waals surface area contributed by atoms with Crippen LogP contribution in [0.2, 0.25) is 0 Å². The summed E-state index contributed by atoms with van der Waals surface area (Å²) in [6, 6.07) is 0. The number of allylic oxidation sites excluding steroid dienone is 2. The molecular weight excluding hydrogens is 120 g/mol. The average Bonchev–Trinajstić information content (AvgIpc) is 1.85. The van der Waals surface area contributed by atoms with Crippen LogP contribution in [0.1, 0.15) is 47.0 Å². The van der Waals surface area contributed by atoms with E-state index in [1.165, 1.54) is 19.3 Å². The number of hydrogen-bond acceptors (Lipinski definition) is 0. The van der Waals surface area contributed by atoms with Gasteiger partial charge in [0.25, 0.3) is 0 Å². The van der Waals surface area contributed by atoms with Gasteiger partial charge in [-0.1, -0.05) is 32.4 Å². The molecule has 0 rings (SSSR count). The summed E-state index contributed by atoms with van der Waals surface area (Å²) in [6.07, 6.45) is 6.13. The molecule has 0 aromatic heterocycles. The van der Waals surface area contributed by atoms with Gasteiger partial charge in [-0.05, 0) is 32.1 Å². The van der Waals surface area contributed by atoms with E-state index in [2.05, 4.69) is 33.8 Å². The highest BCUT2D eigenvalue weighted by Gasteiger charge is 1.93. The van der Waals surface area contributed by atoms with Gasteiger partial charge >= 0.3 is 0 Å². The van der Waals surface area contributed by atoms with Crippen molar-refractivity contribution in [3.05, 3.63) is 11.6 Å². The van der Waals surface area contributed by atoms with Gasteiger partial charge in [-0.2, -0.15) is 0 Å². The number of hydrogen-bond donors (Lipinski definition) is 0. The second-order valence-corrected chi connectivity index (χ2v) is 3.39. The highest BCUT2D eigenvalue weighted by molar-refractivity contribution is 4.96. The van der Waals surface area contributed by atoms with Gasteiger partial charge in [0.2, 0.25) is 0 Å². The molecule has 0 unspecified atom stereocenters. The molecule has 0 aliphatic carbocycles. The summed E-state index contributed by atoms with van der Waals surface area (Å²) >= 11 is 0. The molecule has 0 nitrogen and oxygen atoms in total. The number of rotatable bonds is 4. The van der Waals surface area contributed by atoms with Gasteiger partial charge in [-0.15, -0.1) is 0 Å². The van der Waals surface area contributed by atoms with E-state index in [1.807, 2.05) is 0 Å². The zero-order chi connectivity index (χ0) is 7.98. The molecule has 0 bridgehead atoms. The summed E-state index contributed by atoms with van der Waals surface area (Å²) in [4.78, 5) is 0. The summed E-state index contributed by atoms with van der Waals surface area (Å²) in [5.41, 5.74) is 1.55. The average molecular weight is 140 g/mol. The standard InChI is InChI=1S/C10H20/c1-5-6-10(4)8-7-9(2)3/h6,9H,5,7-8H2,1-4H3/b10-6+. The normalized spacial score (nSPS) is 12.7. The fraction of sp³-hybridized carbons (Fsp3) is 0.800. The first-order valence-corrected chi connectivity index (χ1v) is 4.32. The highest BCUT2D eigenvalue weighted by atomic mass is 14.0. The summed E-state index contributed by atoms with van der Waals surface area (Å²) in [7, 11) is 0. The Bertz CT molecular complexity index is 98.6. The lowest BCUT2D eigenvalue weighted by molar-refractivity contribution is 0.584. The van der Waals surface area contributed by atoms with Gasteiger partial charge < -0.3 is 0 Å². The minimum atomic E-state index is 0.847. The van der Waals surface area contributed by atoms with Crippen LogP contribution in [0.5, 0.6) is 0 Å². The SMILES string of the molecule is CC/C=C(\C)CCC(C)C. The Morgan fingerprint density at radius 1 is 1.40 bits per heavy atom. The summed E-state index contributed by atoms with van der Waals surface area (Å²) < 4.78 is 0. The fourth-order valence-corrected chi connectivity index (χ4v) is 0.967. The molecule has 0 spiro atoms. The summed E-state index contributed by atoms with van der Waals surface area (Å²) in [5.74, 6) is 0.847. The van der Waals surface area contributed by atoms with Crippen LogP contribution in [0.4, 0.5) is 0 Å². The first-order chi connectivity index (χ1) is 4.66. The third kappa shape index (κ3) is 5.87. The van der Waals surface area contributed by atoms with Gasteiger partial charge in [0, 0.05) is 0 Å². The van der Waals surface area contributed by atoms with Crippen molar-refractivity contribution in [1.29, 1.82) is 0 Å². The molecular formula is C10H20. The molecule has 0 amide bonds. The van der Waals surface area contributed by atoms with Gasteiger partial charge in [-0.25, -0.2) is 0 Å². The maximum atomic E-state index is 2.32. The molecule has 10 heavy (non-hydrogen) atoms. The lowest BCUT2D eigenvalue weighted by Crippen LogP contribution is -1.87. The minimum Gasteiger partial charge on any atom is -0.0859 e. The zero-order valence-corrected chi connectivity index (χ0v) is 7.78. The Kier molecular flexibility index (Phi) is 5.38. The van der Waals surface area contributed by atoms with Crippen LogP contribution in [0, 0.1) is 5.92 Å². The third-order valence-corrected chi connectivity index (χ3v) is 1.67. The fourth-order valence-electron chi connectivity index (χ4n) is 0.967. The van der Waals surface area contributed by atoms with Crippen molar-refractivity contribution in [3.63, 3.8) is 0 Å². The van der Waals surface area contributed by atoms with Crippen molar-refractivity contribution in [2.24, 2.45) is 5.92 Å². The van der Waals surface area contributed by atoms with E-state index >= 15 is 0 Å². The monoisotopic (exact) mass is 140 g/mol. The molecule has 0 radical (unpaired) electrons. The molecule has 0 aliphatic heterocycles. The van der Waals surface area contributed by atoms with Crippen LogP contribution in [-0.4, -0.2) is 0 Å². The third-order valence-electron chi connectivity index (χ3n) is 1.67. The lowest BCUT2D eigenvalue weighted by atomic mass is 10.0. The van der Waals surface area contributed by atoms with Crippen LogP contribution in [0.3, 0.4) is 0 Å². The Morgan fingerprint density at radius 2 is 2.00 bits per heavy atom. The Balaban J connectivity index is 3.39. The van der Waals surface area contributed by atoms with Crippen LogP contribution in [-0.2, 0) is 0 Å². The van der Waals surface area contributed by atoms with Crippen molar-refractivity contribution in [1.82, 2.24) is 0 Å². The van der Waals surface area contributed by atoms with Crippen LogP contribution in [0.25, 0.3) is 0 Å². The van der Waals surface area contributed by atoms with E-state index in [9.17, 15) is 0 Å². The largest absolute Gasteiger partial charge is 0.0859 e. The molecule has 0 heteroatoms. The maximum Gasteiger partial charge on any atom is -0.0321 e. The van der Waals surface area contributed by atoms with E-state index in [4.69, 9.17) is 0 Å². The second-order valence-electron chi connectivity index (χ2n) is 3.39. The first-order valence-electron chi connectivity index (χ1n) is 4.32. The van der Waals surface area contributed by atoms with Crippen LogP contribution >= 0.6 is 0 Å². The summed E-state index contributed by atoms with van der Waals surface area (Å²) in [6.45, 7) is 8.98. The zero-order valence-electron chi connectivity index (χ0n) is 7.78. The van der Waals surface area contributed by atoms with Crippen molar-refractivity contribution >= 4 is 0 Å². The molecule has 60 valence electrons. The van der Waals surface area contributed by atoms with Crippen molar-refractivity contribution in [2.45, 2.75) is 47.0 Å². The van der Waals surface area contributed by atoms with E-state index in [0.29, 0.717) is 0 Å². The molecule has 0 fully saturated rings. The van der Waals surface area contributed by atoms with Crippen LogP contribution < -0.4 is 0 Å². The smallest absolute Gasteiger partial charge is 0.0321 e. The molecule has 0 atom stereocenters. The molecule has 0 saturated carbocycles. The minimum absolute atomic E-state index is 0.847. The molecule has 0 aromatic rings. The summed E-state index contributed by atoms with van der Waals surface area (Å²) in [5, 5.41) is 0. The topological polar surface area (TPSA) is 0 Å². The molecule has 0 aliphatic rings. The van der Waals surface area contributed by atoms with Crippen molar-refractivity contribution in [2.75, 3.05) is 0 Å². The van der Waals surface area contributed by atoms with Crippen molar-refractivity contribution in [3.8, 4) is 0 Å². The molecule has 0 aromatic carbocycles. The predicted molar refractivity (Wildman–Crippen MR) is 48.1 cm³/mol. The lowest BCUT2D eigenvalue weighted by Gasteiger charge is -2.03. The quantitative estimate of drug-likeness (QED) is 0.521. The predicted octanol–water partition coefficient (Wildman–Crippen LogP) is 3.78. The molecule has 0 N–H and O–H groups in total. The van der Waals surface area contributed by atoms with E-state index in [-0.39, 0.29) is 0 Å². The Hall–Kier alpha value is -0.260. The maximum absolute atomic E-state index is 2.32. The second kappa shape index (κ2) is 5.52. The van der Waals surface area contributed by atoms with E-state index in [0.717, 1.165) is 5.92 Å². The van der Waals surface area contributed by atoms with Crippen molar-refractivity contribution < 1.29 is 0 Å². The van der Waals surface area contributed by atoms with E-state index in [1.54, 1.807) is 5.57 Å². The van der Waals surface area contributed by atoms with Gasteiger partial charge in [0.15, 0.2) is 0 Å². The van der Waals surface area contributed by atoms with E-state index < -0.39 is 0 Å². The van der Waals surface area contributed by atoms with Gasteiger partial charge in [0.05, 0.1) is 0 Å². The molecule has 0 saturated heterocycles.